The van der Waals surface area contributed by atoms with Gasteiger partial charge in [-0.15, -0.1) is 0 Å². The Morgan fingerprint density at radius 2 is 1.86 bits per heavy atom. The molecule has 0 aromatic heterocycles. The van der Waals surface area contributed by atoms with Crippen molar-refractivity contribution in [2.45, 2.75) is 70.9 Å². The second-order valence-corrected chi connectivity index (χ2v) is 8.67. The molecular formula is C19H29NO2. The second-order valence-electron chi connectivity index (χ2n) is 8.67. The fourth-order valence-corrected chi connectivity index (χ4v) is 6.07. The van der Waals surface area contributed by atoms with Crippen LogP contribution in [0, 0.1) is 22.7 Å². The van der Waals surface area contributed by atoms with Crippen molar-refractivity contribution in [2.75, 3.05) is 0 Å². The van der Waals surface area contributed by atoms with Crippen molar-refractivity contribution >= 4 is 0 Å². The summed E-state index contributed by atoms with van der Waals surface area (Å²) >= 11 is 0. The standard InChI is InChI=1S/C19H29NO2/c1-18-7-5-12(20)9-11(18)10-15(21)17-13-3-4-16(22)19(13,2)8-6-14(17)18/h10,12-14,16,21-22H,3-9,20H2,1-2H3/t12?,13-,14+,16?,18-,19-/m0/s1. The van der Waals surface area contributed by atoms with Gasteiger partial charge in [0, 0.05) is 11.5 Å². The van der Waals surface area contributed by atoms with E-state index in [2.05, 4.69) is 13.8 Å². The van der Waals surface area contributed by atoms with Crippen LogP contribution in [0.15, 0.2) is 23.0 Å². The Labute approximate surface area is 133 Å². The van der Waals surface area contributed by atoms with Gasteiger partial charge in [-0.05, 0) is 73.8 Å². The largest absolute Gasteiger partial charge is 0.508 e. The predicted octanol–water partition coefficient (Wildman–Crippen LogP) is 3.44. The molecule has 3 nitrogen and oxygen atoms in total. The number of rotatable bonds is 0. The summed E-state index contributed by atoms with van der Waals surface area (Å²) in [7, 11) is 0. The number of allylic oxidation sites excluding steroid dienone is 2. The smallest absolute Gasteiger partial charge is 0.115 e. The topological polar surface area (TPSA) is 66.5 Å². The summed E-state index contributed by atoms with van der Waals surface area (Å²) in [6.07, 6.45) is 9.03. The van der Waals surface area contributed by atoms with Crippen molar-refractivity contribution in [3.8, 4) is 0 Å². The van der Waals surface area contributed by atoms with E-state index in [-0.39, 0.29) is 23.0 Å². The molecule has 0 bridgehead atoms. The lowest BCUT2D eigenvalue weighted by Crippen LogP contribution is -2.48. The molecule has 2 unspecified atom stereocenters. The highest BCUT2D eigenvalue weighted by Gasteiger charge is 2.57. The van der Waals surface area contributed by atoms with Gasteiger partial charge in [0.1, 0.15) is 5.76 Å². The number of hydrogen-bond donors (Lipinski definition) is 3. The third kappa shape index (κ3) is 1.75. The Balaban J connectivity index is 1.80. The molecule has 3 saturated carbocycles. The summed E-state index contributed by atoms with van der Waals surface area (Å²) in [4.78, 5) is 0. The molecule has 6 atom stereocenters. The average Bonchev–Trinajstić information content (AvgIpc) is 2.77. The summed E-state index contributed by atoms with van der Waals surface area (Å²) in [6.45, 7) is 4.61. The first kappa shape index (κ1) is 14.8. The molecule has 0 aliphatic heterocycles. The van der Waals surface area contributed by atoms with Gasteiger partial charge in [0.2, 0.25) is 0 Å². The zero-order valence-corrected chi connectivity index (χ0v) is 13.8. The van der Waals surface area contributed by atoms with Gasteiger partial charge in [0.15, 0.2) is 0 Å². The van der Waals surface area contributed by atoms with Crippen LogP contribution < -0.4 is 5.73 Å². The summed E-state index contributed by atoms with van der Waals surface area (Å²) in [6, 6.07) is 0.246. The fourth-order valence-electron chi connectivity index (χ4n) is 6.07. The Hall–Kier alpha value is -0.800. The predicted molar refractivity (Wildman–Crippen MR) is 87.2 cm³/mol. The highest BCUT2D eigenvalue weighted by Crippen LogP contribution is 2.64. The van der Waals surface area contributed by atoms with Gasteiger partial charge in [-0.1, -0.05) is 19.4 Å². The highest BCUT2D eigenvalue weighted by molar-refractivity contribution is 5.41. The normalized spacial score (nSPS) is 51.0. The maximum atomic E-state index is 10.8. The molecule has 4 aliphatic rings. The lowest BCUT2D eigenvalue weighted by atomic mass is 9.51. The van der Waals surface area contributed by atoms with Crippen molar-refractivity contribution in [3.05, 3.63) is 23.0 Å². The lowest BCUT2D eigenvalue weighted by Gasteiger charge is -2.54. The number of fused-ring (bicyclic) bond motifs is 5. The van der Waals surface area contributed by atoms with E-state index in [1.165, 1.54) is 11.1 Å². The van der Waals surface area contributed by atoms with Gasteiger partial charge >= 0.3 is 0 Å². The Kier molecular flexibility index (Phi) is 3.09. The Morgan fingerprint density at radius 3 is 2.64 bits per heavy atom. The van der Waals surface area contributed by atoms with E-state index in [1.54, 1.807) is 0 Å². The maximum absolute atomic E-state index is 10.8. The first-order valence-corrected chi connectivity index (χ1v) is 8.94. The molecule has 3 heteroatoms. The number of aliphatic hydroxyl groups is 2. The summed E-state index contributed by atoms with van der Waals surface area (Å²) in [5.74, 6) is 1.30. The first-order chi connectivity index (χ1) is 10.4. The Bertz CT molecular complexity index is 566. The minimum Gasteiger partial charge on any atom is -0.508 e. The molecule has 0 aromatic carbocycles. The second kappa shape index (κ2) is 4.61. The quantitative estimate of drug-likeness (QED) is 0.642. The molecule has 4 aliphatic carbocycles. The van der Waals surface area contributed by atoms with Crippen LogP contribution in [0.4, 0.5) is 0 Å². The van der Waals surface area contributed by atoms with Crippen molar-refractivity contribution in [1.82, 2.24) is 0 Å². The van der Waals surface area contributed by atoms with Gasteiger partial charge in [-0.3, -0.25) is 0 Å². The first-order valence-electron chi connectivity index (χ1n) is 8.94. The molecule has 22 heavy (non-hydrogen) atoms. The van der Waals surface area contributed by atoms with Crippen LogP contribution in [0.3, 0.4) is 0 Å². The number of hydrogen-bond acceptors (Lipinski definition) is 3. The van der Waals surface area contributed by atoms with Crippen LogP contribution >= 0.6 is 0 Å². The van der Waals surface area contributed by atoms with Gasteiger partial charge in [-0.25, -0.2) is 0 Å². The molecule has 122 valence electrons. The molecule has 0 spiro atoms. The van der Waals surface area contributed by atoms with E-state index in [1.807, 2.05) is 6.08 Å². The zero-order chi connectivity index (χ0) is 15.7. The van der Waals surface area contributed by atoms with Crippen molar-refractivity contribution < 1.29 is 10.2 Å². The molecule has 4 N–H and O–H groups in total. The summed E-state index contributed by atoms with van der Waals surface area (Å²) in [5, 5.41) is 21.2. The van der Waals surface area contributed by atoms with Crippen LogP contribution in [0.5, 0.6) is 0 Å². The van der Waals surface area contributed by atoms with Crippen LogP contribution in [-0.4, -0.2) is 22.4 Å². The molecule has 0 amide bonds. The van der Waals surface area contributed by atoms with Gasteiger partial charge in [0.05, 0.1) is 6.10 Å². The van der Waals surface area contributed by atoms with Crippen LogP contribution in [0.25, 0.3) is 0 Å². The molecular weight excluding hydrogens is 274 g/mol. The van der Waals surface area contributed by atoms with E-state index in [4.69, 9.17) is 5.73 Å². The minimum absolute atomic E-state index is 0.0351. The van der Waals surface area contributed by atoms with Crippen LogP contribution in [-0.2, 0) is 0 Å². The van der Waals surface area contributed by atoms with E-state index < -0.39 is 0 Å². The molecule has 0 heterocycles. The fraction of sp³-hybridized carbons (Fsp3) is 0.789. The van der Waals surface area contributed by atoms with Gasteiger partial charge < -0.3 is 15.9 Å². The van der Waals surface area contributed by atoms with E-state index in [0.717, 1.165) is 44.9 Å². The lowest BCUT2D eigenvalue weighted by molar-refractivity contribution is 0.00352. The third-order valence-electron chi connectivity index (χ3n) is 7.63. The van der Waals surface area contributed by atoms with E-state index in [0.29, 0.717) is 17.6 Å². The van der Waals surface area contributed by atoms with Crippen LogP contribution in [0.1, 0.15) is 58.8 Å². The van der Waals surface area contributed by atoms with Crippen molar-refractivity contribution in [1.29, 1.82) is 0 Å². The molecule has 0 saturated heterocycles. The highest BCUT2D eigenvalue weighted by atomic mass is 16.3. The van der Waals surface area contributed by atoms with Gasteiger partial charge in [-0.2, -0.15) is 0 Å². The molecule has 0 radical (unpaired) electrons. The van der Waals surface area contributed by atoms with E-state index >= 15 is 0 Å². The zero-order valence-electron chi connectivity index (χ0n) is 13.8. The summed E-state index contributed by atoms with van der Waals surface area (Å²) < 4.78 is 0. The molecule has 4 rings (SSSR count). The van der Waals surface area contributed by atoms with Crippen molar-refractivity contribution in [3.63, 3.8) is 0 Å². The van der Waals surface area contributed by atoms with Crippen LogP contribution in [0.2, 0.25) is 0 Å². The summed E-state index contributed by atoms with van der Waals surface area (Å²) in [5.41, 5.74) is 8.92. The molecule has 3 fully saturated rings. The Morgan fingerprint density at radius 1 is 1.09 bits per heavy atom. The van der Waals surface area contributed by atoms with E-state index in [9.17, 15) is 10.2 Å². The molecule has 0 aromatic rings. The average molecular weight is 303 g/mol. The SMILES string of the molecule is C[C@]12CCC(N)CC1=CC(O)=C1[C@H]2CC[C@]2(C)C(O)CC[C@@H]12. The maximum Gasteiger partial charge on any atom is 0.115 e. The monoisotopic (exact) mass is 303 g/mol. The van der Waals surface area contributed by atoms with Crippen molar-refractivity contribution in [2.24, 2.45) is 28.4 Å². The minimum atomic E-state index is -0.211. The third-order valence-corrected chi connectivity index (χ3v) is 7.63. The number of aliphatic hydroxyl groups excluding tert-OH is 2. The number of nitrogens with two attached hydrogens (primary N) is 1. The van der Waals surface area contributed by atoms with Gasteiger partial charge in [0.25, 0.3) is 0 Å².